The first-order valence-corrected chi connectivity index (χ1v) is 9.22. The number of hydrogen-bond donors (Lipinski definition) is 1. The van der Waals surface area contributed by atoms with E-state index in [1.165, 1.54) is 19.1 Å². The molecule has 9 heteroatoms. The Morgan fingerprint density at radius 1 is 1.27 bits per heavy atom. The Bertz CT molecular complexity index is 1220. The molecule has 1 N–H and O–H groups in total. The van der Waals surface area contributed by atoms with Crippen LogP contribution in [0.5, 0.6) is 5.75 Å². The number of ether oxygens (including phenoxy) is 1. The van der Waals surface area contributed by atoms with E-state index in [2.05, 4.69) is 5.32 Å². The first-order valence-electron chi connectivity index (χ1n) is 8.84. The zero-order valence-corrected chi connectivity index (χ0v) is 16.4. The molecule has 1 aromatic heterocycles. The van der Waals surface area contributed by atoms with E-state index in [0.29, 0.717) is 5.56 Å². The van der Waals surface area contributed by atoms with E-state index in [-0.39, 0.29) is 40.3 Å². The van der Waals surface area contributed by atoms with E-state index >= 15 is 0 Å². The molecule has 2 aromatic carbocycles. The first kappa shape index (κ1) is 21.3. The lowest BCUT2D eigenvalue weighted by molar-refractivity contribution is -0.127. The highest BCUT2D eigenvalue weighted by Crippen LogP contribution is 2.35. The van der Waals surface area contributed by atoms with Gasteiger partial charge in [0, 0.05) is 35.2 Å². The predicted octanol–water partition coefficient (Wildman–Crippen LogP) is 4.19. The Hall–Kier alpha value is -3.44. The largest absolute Gasteiger partial charge is 0.478 e. The van der Waals surface area contributed by atoms with Crippen molar-refractivity contribution in [3.05, 3.63) is 63.5 Å². The predicted molar refractivity (Wildman–Crippen MR) is 106 cm³/mol. The van der Waals surface area contributed by atoms with Crippen LogP contribution in [0.25, 0.3) is 22.1 Å². The first-order chi connectivity index (χ1) is 14.3. The van der Waals surface area contributed by atoms with Crippen LogP contribution < -0.4 is 15.7 Å². The second-order valence-electron chi connectivity index (χ2n) is 6.34. The number of nitriles is 1. The smallest absolute Gasteiger partial charge is 0.336 e. The molecule has 0 unspecified atom stereocenters. The lowest BCUT2D eigenvalue weighted by Crippen LogP contribution is -2.36. The molecule has 1 atom stereocenters. The van der Waals surface area contributed by atoms with Crippen molar-refractivity contribution < 1.29 is 22.7 Å². The van der Waals surface area contributed by atoms with E-state index in [4.69, 9.17) is 26.0 Å². The zero-order chi connectivity index (χ0) is 21.8. The Kier molecular flexibility index (Phi) is 6.33. The number of nitrogens with zero attached hydrogens (tertiary/aromatic N) is 1. The van der Waals surface area contributed by atoms with Crippen LogP contribution in [-0.4, -0.2) is 18.6 Å². The number of halogens is 3. The maximum Gasteiger partial charge on any atom is 0.336 e. The fourth-order valence-electron chi connectivity index (χ4n) is 2.81. The average Bonchev–Trinajstić information content (AvgIpc) is 2.68. The van der Waals surface area contributed by atoms with Crippen LogP contribution in [0.15, 0.2) is 45.6 Å². The van der Waals surface area contributed by atoms with Crippen molar-refractivity contribution in [3.8, 4) is 22.9 Å². The van der Waals surface area contributed by atoms with Crippen molar-refractivity contribution >= 4 is 28.5 Å². The van der Waals surface area contributed by atoms with Crippen molar-refractivity contribution in [2.45, 2.75) is 19.4 Å². The van der Waals surface area contributed by atoms with Gasteiger partial charge in [-0.15, -0.1) is 0 Å². The number of rotatable bonds is 6. The molecular formula is C21H15ClF2N2O4. The van der Waals surface area contributed by atoms with Gasteiger partial charge in [-0.3, -0.25) is 4.79 Å². The van der Waals surface area contributed by atoms with Crippen LogP contribution in [-0.2, 0) is 4.79 Å². The molecule has 0 aliphatic rings. The number of hydrogen-bond acceptors (Lipinski definition) is 5. The maximum atomic E-state index is 14.7. The Balaban J connectivity index is 1.99. The second kappa shape index (κ2) is 8.93. The summed E-state index contributed by atoms with van der Waals surface area (Å²) in [5.41, 5.74) is -0.127. The van der Waals surface area contributed by atoms with Gasteiger partial charge in [0.05, 0.1) is 17.5 Å². The minimum atomic E-state index is -1.06. The number of carbonyl (C=O) groups excluding carboxylic acids is 1. The quantitative estimate of drug-likeness (QED) is 0.465. The fraction of sp³-hybridized carbons (Fsp3) is 0.190. The van der Waals surface area contributed by atoms with Crippen LogP contribution in [0.4, 0.5) is 8.78 Å². The van der Waals surface area contributed by atoms with Crippen LogP contribution in [0.2, 0.25) is 5.02 Å². The zero-order valence-electron chi connectivity index (χ0n) is 15.7. The average molecular weight is 433 g/mol. The molecule has 154 valence electrons. The number of benzene rings is 2. The van der Waals surface area contributed by atoms with Crippen molar-refractivity contribution in [1.29, 1.82) is 5.26 Å². The van der Waals surface area contributed by atoms with E-state index in [0.717, 1.165) is 24.3 Å². The van der Waals surface area contributed by atoms with E-state index in [1.54, 1.807) is 0 Å². The highest BCUT2D eigenvalue weighted by Gasteiger charge is 2.19. The standard InChI is InChI=1S/C21H15ClF2N2O4/c1-11(21(28)26-6-2-5-25)29-19-10-18-15(8-17(19)24)14(9-20(27)30-18)13-4-3-12(23)7-16(13)22/h3-4,7-11H,2,6H2,1H3,(H,26,28)/t11-/m1/s1. The molecule has 0 saturated heterocycles. The molecular weight excluding hydrogens is 418 g/mol. The van der Waals surface area contributed by atoms with E-state index in [1.807, 2.05) is 6.07 Å². The topological polar surface area (TPSA) is 92.3 Å². The normalized spacial score (nSPS) is 11.7. The maximum absolute atomic E-state index is 14.7. The lowest BCUT2D eigenvalue weighted by Gasteiger charge is -2.15. The summed E-state index contributed by atoms with van der Waals surface area (Å²) >= 11 is 6.09. The summed E-state index contributed by atoms with van der Waals surface area (Å²) in [6.07, 6.45) is -0.931. The van der Waals surface area contributed by atoms with Gasteiger partial charge in [0.15, 0.2) is 17.7 Å². The van der Waals surface area contributed by atoms with Gasteiger partial charge < -0.3 is 14.5 Å². The summed E-state index contributed by atoms with van der Waals surface area (Å²) in [4.78, 5) is 24.0. The molecule has 1 amide bonds. The second-order valence-corrected chi connectivity index (χ2v) is 6.75. The third kappa shape index (κ3) is 4.58. The van der Waals surface area contributed by atoms with Crippen LogP contribution in [0.3, 0.4) is 0 Å². The molecule has 0 saturated carbocycles. The van der Waals surface area contributed by atoms with E-state index in [9.17, 15) is 18.4 Å². The molecule has 0 aliphatic carbocycles. The molecule has 0 bridgehead atoms. The molecule has 3 rings (SSSR count). The molecule has 0 radical (unpaired) electrons. The Labute approximate surface area is 174 Å². The number of fused-ring (bicyclic) bond motifs is 1. The molecule has 0 fully saturated rings. The number of nitrogens with one attached hydrogen (secondary N) is 1. The van der Waals surface area contributed by atoms with Crippen molar-refractivity contribution in [3.63, 3.8) is 0 Å². The highest BCUT2D eigenvalue weighted by molar-refractivity contribution is 6.33. The van der Waals surface area contributed by atoms with Crippen molar-refractivity contribution in [1.82, 2.24) is 5.32 Å². The van der Waals surface area contributed by atoms with Crippen LogP contribution in [0, 0.1) is 23.0 Å². The van der Waals surface area contributed by atoms with Gasteiger partial charge in [-0.2, -0.15) is 5.26 Å². The monoisotopic (exact) mass is 432 g/mol. The van der Waals surface area contributed by atoms with Gasteiger partial charge in [0.25, 0.3) is 5.91 Å². The SMILES string of the molecule is C[C@@H](Oc1cc2oc(=O)cc(-c3ccc(F)cc3Cl)c2cc1F)C(=O)NCCC#N. The summed E-state index contributed by atoms with van der Waals surface area (Å²) in [7, 11) is 0. The highest BCUT2D eigenvalue weighted by atomic mass is 35.5. The van der Waals surface area contributed by atoms with Gasteiger partial charge >= 0.3 is 5.63 Å². The third-order valence-corrected chi connectivity index (χ3v) is 4.54. The summed E-state index contributed by atoms with van der Waals surface area (Å²) in [5.74, 6) is -2.18. The van der Waals surface area contributed by atoms with Gasteiger partial charge in [0.1, 0.15) is 11.4 Å². The van der Waals surface area contributed by atoms with Crippen LogP contribution >= 0.6 is 11.6 Å². The van der Waals surface area contributed by atoms with Crippen molar-refractivity contribution in [2.75, 3.05) is 6.54 Å². The third-order valence-electron chi connectivity index (χ3n) is 4.23. The summed E-state index contributed by atoms with van der Waals surface area (Å²) < 4.78 is 38.6. The molecule has 1 heterocycles. The fourth-order valence-corrected chi connectivity index (χ4v) is 3.08. The molecule has 0 aliphatic heterocycles. The Morgan fingerprint density at radius 3 is 2.73 bits per heavy atom. The minimum Gasteiger partial charge on any atom is -0.478 e. The minimum absolute atomic E-state index is 0.00591. The van der Waals surface area contributed by atoms with Gasteiger partial charge in [-0.25, -0.2) is 13.6 Å². The summed E-state index contributed by atoms with van der Waals surface area (Å²) in [5, 5.41) is 11.3. The van der Waals surface area contributed by atoms with Crippen LogP contribution in [0.1, 0.15) is 13.3 Å². The van der Waals surface area contributed by atoms with Crippen molar-refractivity contribution in [2.24, 2.45) is 0 Å². The molecule has 0 spiro atoms. The summed E-state index contributed by atoms with van der Waals surface area (Å²) in [6, 6.07) is 8.89. The summed E-state index contributed by atoms with van der Waals surface area (Å²) in [6.45, 7) is 1.55. The number of amides is 1. The molecule has 3 aromatic rings. The van der Waals surface area contributed by atoms with E-state index < -0.39 is 29.3 Å². The van der Waals surface area contributed by atoms with Gasteiger partial charge in [-0.1, -0.05) is 11.6 Å². The van der Waals surface area contributed by atoms with Gasteiger partial charge in [0.2, 0.25) is 0 Å². The Morgan fingerprint density at radius 2 is 2.03 bits per heavy atom. The lowest BCUT2D eigenvalue weighted by atomic mass is 10.0. The molecule has 6 nitrogen and oxygen atoms in total. The molecule has 30 heavy (non-hydrogen) atoms. The van der Waals surface area contributed by atoms with Gasteiger partial charge in [-0.05, 0) is 31.2 Å². The number of carbonyl (C=O) groups is 1.